The molecule has 0 fully saturated rings. The van der Waals surface area contributed by atoms with E-state index in [2.05, 4.69) is 15.9 Å². The predicted octanol–water partition coefficient (Wildman–Crippen LogP) is 3.39. The maximum atomic E-state index is 11.0. The topological polar surface area (TPSA) is 72.6 Å². The summed E-state index contributed by atoms with van der Waals surface area (Å²) in [4.78, 5) is 11.0. The van der Waals surface area contributed by atoms with E-state index in [0.29, 0.717) is 17.1 Å². The monoisotopic (exact) mass is 335 g/mol. The molecule has 2 aromatic rings. The van der Waals surface area contributed by atoms with Crippen LogP contribution in [0, 0.1) is 0 Å². The lowest BCUT2D eigenvalue weighted by Gasteiger charge is -2.11. The van der Waals surface area contributed by atoms with Gasteiger partial charge in [0.25, 0.3) is 0 Å². The Kier molecular flexibility index (Phi) is 4.42. The number of halogens is 1. The number of hydrogen-bond acceptors (Lipinski definition) is 3. The minimum absolute atomic E-state index is 0.433. The van der Waals surface area contributed by atoms with E-state index >= 15 is 0 Å². The van der Waals surface area contributed by atoms with E-state index in [1.165, 1.54) is 0 Å². The molecule has 1 amide bonds. The number of hydrogen-bond donors (Lipinski definition) is 2. The van der Waals surface area contributed by atoms with E-state index in [1.807, 2.05) is 0 Å². The van der Waals surface area contributed by atoms with Crippen LogP contribution in [-0.4, -0.2) is 11.0 Å². The number of amides is 1. The van der Waals surface area contributed by atoms with Gasteiger partial charge in [-0.3, -0.25) is 4.79 Å². The van der Waals surface area contributed by atoms with Gasteiger partial charge in [0.2, 0.25) is 5.91 Å². The van der Waals surface area contributed by atoms with Crippen LogP contribution >= 0.6 is 15.9 Å². The SMILES string of the molecule is C[C@H](O)c1ccc(Oc2ccc(C(N)=O)cc2)cc1Br. The van der Waals surface area contributed by atoms with Crippen molar-refractivity contribution in [3.8, 4) is 11.5 Å². The van der Waals surface area contributed by atoms with E-state index < -0.39 is 12.0 Å². The summed E-state index contributed by atoms with van der Waals surface area (Å²) >= 11 is 3.39. The summed E-state index contributed by atoms with van der Waals surface area (Å²) in [6, 6.07) is 11.9. The number of carbonyl (C=O) groups is 1. The Labute approximate surface area is 125 Å². The molecule has 0 aliphatic rings. The smallest absolute Gasteiger partial charge is 0.248 e. The van der Waals surface area contributed by atoms with Gasteiger partial charge in [0.05, 0.1) is 6.10 Å². The van der Waals surface area contributed by atoms with Crippen LogP contribution in [-0.2, 0) is 0 Å². The molecular formula is C15H14BrNO3. The van der Waals surface area contributed by atoms with Gasteiger partial charge < -0.3 is 15.6 Å². The summed E-state index contributed by atoms with van der Waals surface area (Å²) < 4.78 is 6.44. The molecule has 0 bridgehead atoms. The summed E-state index contributed by atoms with van der Waals surface area (Å²) in [6.07, 6.45) is -0.548. The van der Waals surface area contributed by atoms with Gasteiger partial charge in [-0.1, -0.05) is 22.0 Å². The van der Waals surface area contributed by atoms with Gasteiger partial charge >= 0.3 is 0 Å². The summed E-state index contributed by atoms with van der Waals surface area (Å²) in [5, 5.41) is 9.55. The highest BCUT2D eigenvalue weighted by atomic mass is 79.9. The third-order valence-electron chi connectivity index (χ3n) is 2.80. The average molecular weight is 336 g/mol. The number of aliphatic hydroxyl groups is 1. The van der Waals surface area contributed by atoms with Crippen LogP contribution in [0.1, 0.15) is 28.9 Å². The quantitative estimate of drug-likeness (QED) is 0.899. The van der Waals surface area contributed by atoms with Crippen LogP contribution in [0.3, 0.4) is 0 Å². The molecule has 0 saturated carbocycles. The second-order valence-corrected chi connectivity index (χ2v) is 5.20. The number of primary amides is 1. The zero-order valence-electron chi connectivity index (χ0n) is 10.8. The van der Waals surface area contributed by atoms with Gasteiger partial charge in [0.1, 0.15) is 11.5 Å². The second kappa shape index (κ2) is 6.07. The van der Waals surface area contributed by atoms with Crippen LogP contribution < -0.4 is 10.5 Å². The molecule has 0 unspecified atom stereocenters. The normalized spacial score (nSPS) is 11.9. The fourth-order valence-electron chi connectivity index (χ4n) is 1.73. The zero-order valence-corrected chi connectivity index (χ0v) is 12.4. The Morgan fingerprint density at radius 1 is 1.20 bits per heavy atom. The van der Waals surface area contributed by atoms with Crippen molar-refractivity contribution in [3.05, 3.63) is 58.1 Å². The highest BCUT2D eigenvalue weighted by molar-refractivity contribution is 9.10. The molecule has 0 spiro atoms. The Bertz CT molecular complexity index is 624. The van der Waals surface area contributed by atoms with Gasteiger partial charge in [-0.15, -0.1) is 0 Å². The fraction of sp³-hybridized carbons (Fsp3) is 0.133. The van der Waals surface area contributed by atoms with E-state index in [0.717, 1.165) is 10.0 Å². The Morgan fingerprint density at radius 3 is 2.30 bits per heavy atom. The average Bonchev–Trinajstić information content (AvgIpc) is 2.39. The van der Waals surface area contributed by atoms with Crippen LogP contribution in [0.4, 0.5) is 0 Å². The maximum absolute atomic E-state index is 11.0. The van der Waals surface area contributed by atoms with Gasteiger partial charge in [0.15, 0.2) is 0 Å². The van der Waals surface area contributed by atoms with Crippen LogP contribution in [0.25, 0.3) is 0 Å². The third-order valence-corrected chi connectivity index (χ3v) is 3.48. The summed E-state index contributed by atoms with van der Waals surface area (Å²) in [5.41, 5.74) is 6.40. The van der Waals surface area contributed by atoms with Crippen molar-refractivity contribution < 1.29 is 14.6 Å². The van der Waals surface area contributed by atoms with E-state index in [9.17, 15) is 9.90 Å². The first-order valence-electron chi connectivity index (χ1n) is 6.02. The molecule has 0 radical (unpaired) electrons. The van der Waals surface area contributed by atoms with E-state index in [4.69, 9.17) is 10.5 Å². The number of nitrogens with two attached hydrogens (primary N) is 1. The lowest BCUT2D eigenvalue weighted by Crippen LogP contribution is -2.10. The first kappa shape index (κ1) is 14.6. The largest absolute Gasteiger partial charge is 0.457 e. The van der Waals surface area contributed by atoms with Crippen LogP contribution in [0.15, 0.2) is 46.9 Å². The number of aliphatic hydroxyl groups excluding tert-OH is 1. The molecule has 0 aliphatic heterocycles. The molecule has 0 aliphatic carbocycles. The minimum Gasteiger partial charge on any atom is -0.457 e. The standard InChI is InChI=1S/C15H14BrNO3/c1-9(18)13-7-6-12(8-14(13)16)20-11-4-2-10(3-5-11)15(17)19/h2-9,18H,1H3,(H2,17,19)/t9-/m0/s1. The Morgan fingerprint density at radius 2 is 1.80 bits per heavy atom. The zero-order chi connectivity index (χ0) is 14.7. The highest BCUT2D eigenvalue weighted by Gasteiger charge is 2.08. The molecule has 20 heavy (non-hydrogen) atoms. The molecule has 0 aromatic heterocycles. The summed E-state index contributed by atoms with van der Waals surface area (Å²) in [5.74, 6) is 0.764. The van der Waals surface area contributed by atoms with Crippen molar-refractivity contribution in [1.82, 2.24) is 0 Å². The molecule has 2 aromatic carbocycles. The van der Waals surface area contributed by atoms with Crippen molar-refractivity contribution in [1.29, 1.82) is 0 Å². The highest BCUT2D eigenvalue weighted by Crippen LogP contribution is 2.30. The maximum Gasteiger partial charge on any atom is 0.248 e. The lowest BCUT2D eigenvalue weighted by molar-refractivity contribution is 0.100. The number of rotatable bonds is 4. The molecule has 104 valence electrons. The molecular weight excluding hydrogens is 322 g/mol. The van der Waals surface area contributed by atoms with Gasteiger partial charge in [-0.2, -0.15) is 0 Å². The molecule has 1 atom stereocenters. The number of carbonyl (C=O) groups excluding carboxylic acids is 1. The van der Waals surface area contributed by atoms with Gasteiger partial charge in [0, 0.05) is 10.0 Å². The minimum atomic E-state index is -0.548. The Hall–Kier alpha value is -1.85. The summed E-state index contributed by atoms with van der Waals surface area (Å²) in [7, 11) is 0. The fourth-order valence-corrected chi connectivity index (χ4v) is 2.42. The number of ether oxygens (including phenoxy) is 1. The lowest BCUT2D eigenvalue weighted by atomic mass is 10.1. The van der Waals surface area contributed by atoms with Gasteiger partial charge in [-0.25, -0.2) is 0 Å². The van der Waals surface area contributed by atoms with Crippen molar-refractivity contribution in [3.63, 3.8) is 0 Å². The molecule has 0 heterocycles. The van der Waals surface area contributed by atoms with Crippen molar-refractivity contribution in [2.45, 2.75) is 13.0 Å². The van der Waals surface area contributed by atoms with Crippen LogP contribution in [0.2, 0.25) is 0 Å². The Balaban J connectivity index is 2.17. The van der Waals surface area contributed by atoms with Crippen molar-refractivity contribution >= 4 is 21.8 Å². The molecule has 2 rings (SSSR count). The first-order chi connectivity index (χ1) is 9.47. The van der Waals surface area contributed by atoms with Crippen molar-refractivity contribution in [2.75, 3.05) is 0 Å². The molecule has 4 nitrogen and oxygen atoms in total. The third kappa shape index (κ3) is 3.37. The van der Waals surface area contributed by atoms with Crippen molar-refractivity contribution in [2.24, 2.45) is 5.73 Å². The second-order valence-electron chi connectivity index (χ2n) is 4.35. The van der Waals surface area contributed by atoms with E-state index in [-0.39, 0.29) is 0 Å². The van der Waals surface area contributed by atoms with Crippen LogP contribution in [0.5, 0.6) is 11.5 Å². The predicted molar refractivity (Wildman–Crippen MR) is 79.8 cm³/mol. The summed E-state index contributed by atoms with van der Waals surface area (Å²) in [6.45, 7) is 1.70. The van der Waals surface area contributed by atoms with E-state index in [1.54, 1.807) is 49.4 Å². The number of benzene rings is 2. The molecule has 0 saturated heterocycles. The first-order valence-corrected chi connectivity index (χ1v) is 6.82. The molecule has 5 heteroatoms. The molecule has 3 N–H and O–H groups in total. The van der Waals surface area contributed by atoms with Gasteiger partial charge in [-0.05, 0) is 48.9 Å².